The lowest BCUT2D eigenvalue weighted by Gasteiger charge is -2.32. The van der Waals surface area contributed by atoms with Crippen LogP contribution in [0.2, 0.25) is 0 Å². The van der Waals surface area contributed by atoms with Gasteiger partial charge in [0.25, 0.3) is 0 Å². The molecule has 4 nitrogen and oxygen atoms in total. The molecule has 0 radical (unpaired) electrons. The van der Waals surface area contributed by atoms with E-state index in [1.165, 1.54) is 12.1 Å². The van der Waals surface area contributed by atoms with Gasteiger partial charge in [-0.3, -0.25) is 9.69 Å². The molecular formula is C14H16F4N2O2. The molecule has 1 saturated heterocycles. The Labute approximate surface area is 124 Å². The first-order chi connectivity index (χ1) is 10.3. The smallest absolute Gasteiger partial charge is 0.391 e. The second-order valence-electron chi connectivity index (χ2n) is 5.27. The van der Waals surface area contributed by atoms with Gasteiger partial charge in [0.15, 0.2) is 5.82 Å². The average Bonchev–Trinajstić information content (AvgIpc) is 2.43. The van der Waals surface area contributed by atoms with Gasteiger partial charge in [-0.1, -0.05) is 6.07 Å². The van der Waals surface area contributed by atoms with E-state index >= 15 is 0 Å². The van der Waals surface area contributed by atoms with Gasteiger partial charge in [0, 0.05) is 0 Å². The maximum absolute atomic E-state index is 13.5. The zero-order valence-corrected chi connectivity index (χ0v) is 11.7. The van der Waals surface area contributed by atoms with Gasteiger partial charge in [-0.15, -0.1) is 0 Å². The van der Waals surface area contributed by atoms with Crippen LogP contribution >= 0.6 is 0 Å². The summed E-state index contributed by atoms with van der Waals surface area (Å²) in [6.45, 7) is 0.167. The first-order valence-corrected chi connectivity index (χ1v) is 6.84. The highest BCUT2D eigenvalue weighted by atomic mass is 19.4. The Bertz CT molecular complexity index is 520. The molecule has 0 saturated carbocycles. The quantitative estimate of drug-likeness (QED) is 0.665. The fourth-order valence-corrected chi connectivity index (χ4v) is 2.44. The number of halogens is 4. The van der Waals surface area contributed by atoms with Crippen LogP contribution in [0.15, 0.2) is 18.2 Å². The summed E-state index contributed by atoms with van der Waals surface area (Å²) >= 11 is 0. The minimum Gasteiger partial charge on any atom is -0.506 e. The summed E-state index contributed by atoms with van der Waals surface area (Å²) in [7, 11) is 0. The number of para-hydroxylation sites is 1. The van der Waals surface area contributed by atoms with Crippen LogP contribution in [-0.2, 0) is 4.79 Å². The van der Waals surface area contributed by atoms with Crippen LogP contribution in [0.1, 0.15) is 12.8 Å². The molecule has 0 aromatic heterocycles. The number of anilines is 1. The Morgan fingerprint density at radius 2 is 1.95 bits per heavy atom. The number of hydrogen-bond acceptors (Lipinski definition) is 3. The van der Waals surface area contributed by atoms with E-state index in [4.69, 9.17) is 0 Å². The number of carbonyl (C=O) groups excluding carboxylic acids is 1. The van der Waals surface area contributed by atoms with E-state index in [1.807, 2.05) is 0 Å². The molecule has 1 aliphatic rings. The standard InChI is InChI=1S/C14H16F4N2O2/c15-10-2-1-3-11(21)13(10)19-12(22)8-20-6-4-9(5-7-20)14(16,17)18/h1-3,9,21H,4-8H2,(H,19,22). The van der Waals surface area contributed by atoms with Gasteiger partial charge >= 0.3 is 6.18 Å². The highest BCUT2D eigenvalue weighted by Gasteiger charge is 2.41. The van der Waals surface area contributed by atoms with Gasteiger partial charge in [0.1, 0.15) is 11.4 Å². The van der Waals surface area contributed by atoms with Gasteiger partial charge in [-0.05, 0) is 38.1 Å². The minimum atomic E-state index is -4.20. The van der Waals surface area contributed by atoms with Crippen molar-refractivity contribution in [3.8, 4) is 5.75 Å². The summed E-state index contributed by atoms with van der Waals surface area (Å²) in [5.74, 6) is -3.08. The normalized spacial score (nSPS) is 17.5. The first-order valence-electron chi connectivity index (χ1n) is 6.84. The van der Waals surface area contributed by atoms with E-state index in [-0.39, 0.29) is 38.2 Å². The summed E-state index contributed by atoms with van der Waals surface area (Å²) in [6, 6.07) is 3.61. The number of likely N-dealkylation sites (tertiary alicyclic amines) is 1. The number of rotatable bonds is 3. The summed E-state index contributed by atoms with van der Waals surface area (Å²) in [5.41, 5.74) is -0.322. The average molecular weight is 320 g/mol. The molecule has 2 N–H and O–H groups in total. The van der Waals surface area contributed by atoms with Crippen LogP contribution in [0.3, 0.4) is 0 Å². The number of amides is 1. The highest BCUT2D eigenvalue weighted by molar-refractivity contribution is 5.93. The molecule has 0 spiro atoms. The van der Waals surface area contributed by atoms with Crippen molar-refractivity contribution in [2.24, 2.45) is 5.92 Å². The Kier molecular flexibility index (Phi) is 4.90. The third-order valence-electron chi connectivity index (χ3n) is 3.67. The lowest BCUT2D eigenvalue weighted by Crippen LogP contribution is -2.42. The van der Waals surface area contributed by atoms with E-state index in [0.717, 1.165) is 6.07 Å². The molecule has 0 bridgehead atoms. The van der Waals surface area contributed by atoms with E-state index in [1.54, 1.807) is 4.90 Å². The Morgan fingerprint density at radius 1 is 1.32 bits per heavy atom. The summed E-state index contributed by atoms with van der Waals surface area (Å²) < 4.78 is 51.1. The molecule has 0 unspecified atom stereocenters. The SMILES string of the molecule is O=C(CN1CCC(C(F)(F)F)CC1)Nc1c(O)cccc1F. The van der Waals surface area contributed by atoms with E-state index < -0.39 is 29.6 Å². The first kappa shape index (κ1) is 16.5. The van der Waals surface area contributed by atoms with Crippen LogP contribution in [0.5, 0.6) is 5.75 Å². The number of phenolic OH excluding ortho intramolecular Hbond substituents is 1. The third-order valence-corrected chi connectivity index (χ3v) is 3.67. The predicted molar refractivity (Wildman–Crippen MR) is 71.9 cm³/mol. The van der Waals surface area contributed by atoms with Gasteiger partial charge in [-0.2, -0.15) is 13.2 Å². The molecule has 22 heavy (non-hydrogen) atoms. The number of alkyl halides is 3. The summed E-state index contributed by atoms with van der Waals surface area (Å²) in [6.07, 6.45) is -4.31. The molecule has 122 valence electrons. The van der Waals surface area contributed by atoms with Crippen LogP contribution in [0.4, 0.5) is 23.2 Å². The fraction of sp³-hybridized carbons (Fsp3) is 0.500. The number of piperidine rings is 1. The largest absolute Gasteiger partial charge is 0.506 e. The highest BCUT2D eigenvalue weighted by Crippen LogP contribution is 2.34. The minimum absolute atomic E-state index is 0.0538. The van der Waals surface area contributed by atoms with Crippen molar-refractivity contribution in [2.45, 2.75) is 19.0 Å². The number of nitrogens with zero attached hydrogens (tertiary/aromatic N) is 1. The van der Waals surface area contributed by atoms with Crippen LogP contribution in [-0.4, -0.2) is 41.7 Å². The molecule has 1 heterocycles. The van der Waals surface area contributed by atoms with Crippen molar-refractivity contribution in [2.75, 3.05) is 25.0 Å². The monoisotopic (exact) mass is 320 g/mol. The van der Waals surface area contributed by atoms with Crippen LogP contribution < -0.4 is 5.32 Å². The summed E-state index contributed by atoms with van der Waals surface area (Å²) in [5, 5.41) is 11.7. The van der Waals surface area contributed by atoms with Crippen molar-refractivity contribution in [3.05, 3.63) is 24.0 Å². The van der Waals surface area contributed by atoms with Gasteiger partial charge in [0.2, 0.25) is 5.91 Å². The lowest BCUT2D eigenvalue weighted by atomic mass is 9.96. The molecule has 2 rings (SSSR count). The van der Waals surface area contributed by atoms with Crippen LogP contribution in [0.25, 0.3) is 0 Å². The van der Waals surface area contributed by atoms with Crippen LogP contribution in [0, 0.1) is 11.7 Å². The lowest BCUT2D eigenvalue weighted by molar-refractivity contribution is -0.184. The fourth-order valence-electron chi connectivity index (χ4n) is 2.44. The second-order valence-corrected chi connectivity index (χ2v) is 5.27. The number of nitrogens with one attached hydrogen (secondary N) is 1. The van der Waals surface area contributed by atoms with Crippen molar-refractivity contribution in [3.63, 3.8) is 0 Å². The van der Waals surface area contributed by atoms with Crippen molar-refractivity contribution in [1.82, 2.24) is 4.90 Å². The third kappa shape index (κ3) is 4.09. The molecule has 1 aromatic rings. The zero-order valence-electron chi connectivity index (χ0n) is 11.7. The Balaban J connectivity index is 1.86. The molecule has 8 heteroatoms. The van der Waals surface area contributed by atoms with Gasteiger partial charge in [0.05, 0.1) is 12.5 Å². The van der Waals surface area contributed by atoms with E-state index in [0.29, 0.717) is 0 Å². The van der Waals surface area contributed by atoms with Crippen molar-refractivity contribution >= 4 is 11.6 Å². The molecule has 0 atom stereocenters. The number of phenols is 1. The molecule has 1 aromatic carbocycles. The molecular weight excluding hydrogens is 304 g/mol. The number of carbonyl (C=O) groups is 1. The topological polar surface area (TPSA) is 52.6 Å². The number of aromatic hydroxyl groups is 1. The zero-order chi connectivity index (χ0) is 16.3. The Hall–Kier alpha value is -1.83. The molecule has 1 fully saturated rings. The molecule has 1 aliphatic heterocycles. The Morgan fingerprint density at radius 3 is 2.50 bits per heavy atom. The molecule has 0 aliphatic carbocycles. The van der Waals surface area contributed by atoms with Crippen molar-refractivity contribution in [1.29, 1.82) is 0 Å². The number of benzene rings is 1. The van der Waals surface area contributed by atoms with Gasteiger partial charge in [-0.25, -0.2) is 4.39 Å². The maximum atomic E-state index is 13.5. The van der Waals surface area contributed by atoms with Crippen molar-refractivity contribution < 1.29 is 27.5 Å². The number of hydrogen-bond donors (Lipinski definition) is 2. The second kappa shape index (κ2) is 6.51. The maximum Gasteiger partial charge on any atom is 0.391 e. The molecule has 1 amide bonds. The van der Waals surface area contributed by atoms with Gasteiger partial charge < -0.3 is 10.4 Å². The summed E-state index contributed by atoms with van der Waals surface area (Å²) in [4.78, 5) is 13.4. The van der Waals surface area contributed by atoms with E-state index in [9.17, 15) is 27.5 Å². The predicted octanol–water partition coefficient (Wildman–Crippen LogP) is 2.74. The van der Waals surface area contributed by atoms with E-state index in [2.05, 4.69) is 5.32 Å².